The normalized spacial score (nSPS) is 14.1. The van der Waals surface area contributed by atoms with Crippen LogP contribution in [0.25, 0.3) is 81.8 Å². The van der Waals surface area contributed by atoms with Crippen molar-refractivity contribution in [3.8, 4) is 11.4 Å². The fourth-order valence-electron chi connectivity index (χ4n) is 9.13. The molecule has 1 aliphatic rings. The lowest BCUT2D eigenvalue weighted by molar-refractivity contribution is 0.872. The number of hydrogen-bond donors (Lipinski definition) is 0. The van der Waals surface area contributed by atoms with Crippen LogP contribution < -0.4 is 0 Å². The summed E-state index contributed by atoms with van der Waals surface area (Å²) < 4.78 is 4.79. The molecule has 0 bridgehead atoms. The Labute approximate surface area is 323 Å². The van der Waals surface area contributed by atoms with E-state index in [4.69, 9.17) is 10.3 Å². The Morgan fingerprint density at radius 3 is 1.62 bits per heavy atom. The van der Waals surface area contributed by atoms with Crippen molar-refractivity contribution in [1.82, 2.24) is 9.13 Å². The zero-order chi connectivity index (χ0) is 36.7. The van der Waals surface area contributed by atoms with Crippen LogP contribution in [0, 0.1) is 0 Å². The highest BCUT2D eigenvalue weighted by atomic mass is 15.1. The van der Waals surface area contributed by atoms with Gasteiger partial charge in [-0.25, -0.2) is 0 Å². The standard InChI is InChI=1S/C52H33N4/c1-3-18-38-33(13-1)15-12-23-43(38)51-44-29-27-34-14-2-4-19-39(34)50(44)53-52(54-51)35-16-11-17-36(31-35)55-48-26-10-7-22-42(48)45-32-37(28-30-49(45)55)56-46-24-8-5-20-40(46)41-21-6-9-25-47(41)56/h1-32,52H/q-1. The zero-order valence-electron chi connectivity index (χ0n) is 30.3. The average molecular weight is 714 g/mol. The summed E-state index contributed by atoms with van der Waals surface area (Å²) in [7, 11) is 0. The first-order chi connectivity index (χ1) is 27.8. The number of hydrogen-bond acceptors (Lipinski definition) is 1. The van der Waals surface area contributed by atoms with Crippen LogP contribution in [0.4, 0.5) is 5.69 Å². The third-order valence-electron chi connectivity index (χ3n) is 11.6. The van der Waals surface area contributed by atoms with Crippen molar-refractivity contribution in [2.24, 2.45) is 4.99 Å². The fraction of sp³-hybridized carbons (Fsp3) is 0.0192. The van der Waals surface area contributed by atoms with Crippen LogP contribution in [-0.2, 0) is 0 Å². The van der Waals surface area contributed by atoms with Crippen molar-refractivity contribution in [1.29, 1.82) is 0 Å². The molecule has 0 saturated carbocycles. The fourth-order valence-corrected chi connectivity index (χ4v) is 9.13. The summed E-state index contributed by atoms with van der Waals surface area (Å²) in [5.41, 5.74) is 12.2. The van der Waals surface area contributed by atoms with Crippen molar-refractivity contribution in [3.63, 3.8) is 0 Å². The minimum Gasteiger partial charge on any atom is -0.659 e. The molecule has 56 heavy (non-hydrogen) atoms. The molecule has 1 atom stereocenters. The van der Waals surface area contributed by atoms with Gasteiger partial charge in [0.2, 0.25) is 0 Å². The van der Waals surface area contributed by atoms with Crippen LogP contribution in [0.3, 0.4) is 0 Å². The van der Waals surface area contributed by atoms with Gasteiger partial charge in [-0.3, -0.25) is 4.99 Å². The molecule has 0 radical (unpaired) electrons. The van der Waals surface area contributed by atoms with Gasteiger partial charge in [0.05, 0.1) is 27.8 Å². The van der Waals surface area contributed by atoms with Crippen molar-refractivity contribution < 1.29 is 0 Å². The van der Waals surface area contributed by atoms with Crippen LogP contribution in [0.5, 0.6) is 0 Å². The van der Waals surface area contributed by atoms with E-state index < -0.39 is 6.17 Å². The van der Waals surface area contributed by atoms with E-state index in [9.17, 15) is 0 Å². The van der Waals surface area contributed by atoms with Gasteiger partial charge in [-0.1, -0.05) is 146 Å². The van der Waals surface area contributed by atoms with Gasteiger partial charge in [0, 0.05) is 44.6 Å². The van der Waals surface area contributed by atoms with E-state index in [1.165, 1.54) is 48.7 Å². The Kier molecular flexibility index (Phi) is 6.66. The Morgan fingerprint density at radius 2 is 0.911 bits per heavy atom. The van der Waals surface area contributed by atoms with Crippen LogP contribution in [0.1, 0.15) is 22.9 Å². The lowest BCUT2D eigenvalue weighted by atomic mass is 9.91. The molecule has 3 heterocycles. The van der Waals surface area contributed by atoms with Crippen LogP contribution in [0.15, 0.2) is 199 Å². The predicted octanol–water partition coefficient (Wildman–Crippen LogP) is 13.7. The number of fused-ring (bicyclic) bond motifs is 10. The maximum atomic E-state index is 5.50. The van der Waals surface area contributed by atoms with Gasteiger partial charge >= 0.3 is 0 Å². The van der Waals surface area contributed by atoms with Gasteiger partial charge in [0.1, 0.15) is 0 Å². The minimum absolute atomic E-state index is 0.419. The van der Waals surface area contributed by atoms with E-state index in [1.807, 2.05) is 0 Å². The summed E-state index contributed by atoms with van der Waals surface area (Å²) in [5, 5.41) is 15.1. The quantitative estimate of drug-likeness (QED) is 0.174. The summed E-state index contributed by atoms with van der Waals surface area (Å²) in [6, 6.07) is 69.9. The molecule has 1 aliphatic heterocycles. The SMILES string of the molecule is c1cc(C2N=C(c3cccc4ccccc34)c3ccc4ccccc4c3[N-]2)cc(-n2c3ccccc3c3cc(-n4c5ccccc5c5ccccc54)ccc32)c1. The van der Waals surface area contributed by atoms with Crippen LogP contribution in [0.2, 0.25) is 0 Å². The molecule has 12 rings (SSSR count). The third-order valence-corrected chi connectivity index (χ3v) is 11.6. The molecule has 4 heteroatoms. The maximum absolute atomic E-state index is 5.50. The third kappa shape index (κ3) is 4.56. The molecular weight excluding hydrogens is 681 g/mol. The topological polar surface area (TPSA) is 36.3 Å². The van der Waals surface area contributed by atoms with Crippen LogP contribution in [-0.4, -0.2) is 14.8 Å². The van der Waals surface area contributed by atoms with Gasteiger partial charge in [0.25, 0.3) is 0 Å². The largest absolute Gasteiger partial charge is 0.659 e. The Balaban J connectivity index is 1.04. The van der Waals surface area contributed by atoms with Gasteiger partial charge in [0.15, 0.2) is 0 Å². The molecule has 1 unspecified atom stereocenters. The molecule has 262 valence electrons. The van der Waals surface area contributed by atoms with E-state index >= 15 is 0 Å². The highest BCUT2D eigenvalue weighted by Crippen LogP contribution is 2.46. The second-order valence-corrected chi connectivity index (χ2v) is 14.7. The number of benzene rings is 9. The van der Waals surface area contributed by atoms with Crippen LogP contribution >= 0.6 is 0 Å². The van der Waals surface area contributed by atoms with E-state index in [1.54, 1.807) is 0 Å². The number of rotatable bonds is 4. The Hall–Kier alpha value is -7.43. The smallest absolute Gasteiger partial charge is 0.0701 e. The van der Waals surface area contributed by atoms with Gasteiger partial charge < -0.3 is 14.5 Å². The second kappa shape index (κ2) is 12.0. The zero-order valence-corrected chi connectivity index (χ0v) is 30.3. The average Bonchev–Trinajstić information content (AvgIpc) is 3.78. The predicted molar refractivity (Wildman–Crippen MR) is 234 cm³/mol. The highest BCUT2D eigenvalue weighted by molar-refractivity contribution is 6.25. The van der Waals surface area contributed by atoms with Crippen molar-refractivity contribution in [2.75, 3.05) is 0 Å². The van der Waals surface area contributed by atoms with Gasteiger partial charge in [-0.05, 0) is 81.2 Å². The summed E-state index contributed by atoms with van der Waals surface area (Å²) in [5.74, 6) is 0. The molecule has 11 aromatic rings. The molecule has 9 aromatic carbocycles. The first kappa shape index (κ1) is 31.0. The lowest BCUT2D eigenvalue weighted by Crippen LogP contribution is -2.13. The maximum Gasteiger partial charge on any atom is 0.0701 e. The highest BCUT2D eigenvalue weighted by Gasteiger charge is 2.21. The molecular formula is C52H33N4-. The van der Waals surface area contributed by atoms with Gasteiger partial charge in [-0.2, -0.15) is 0 Å². The summed E-state index contributed by atoms with van der Waals surface area (Å²) in [4.78, 5) is 5.50. The van der Waals surface area contributed by atoms with E-state index in [-0.39, 0.29) is 0 Å². The van der Waals surface area contributed by atoms with Gasteiger partial charge in [-0.15, -0.1) is 5.69 Å². The van der Waals surface area contributed by atoms with Crippen molar-refractivity contribution >= 4 is 76.6 Å². The van der Waals surface area contributed by atoms with E-state index in [0.29, 0.717) is 0 Å². The lowest BCUT2D eigenvalue weighted by Gasteiger charge is -2.39. The molecule has 0 fully saturated rings. The minimum atomic E-state index is -0.419. The number of aromatic nitrogens is 2. The Morgan fingerprint density at radius 1 is 0.375 bits per heavy atom. The molecule has 0 saturated heterocycles. The first-order valence-electron chi connectivity index (χ1n) is 19.2. The number of para-hydroxylation sites is 3. The molecule has 0 aliphatic carbocycles. The Bertz CT molecular complexity index is 3360. The number of nitrogens with zero attached hydrogens (tertiary/aromatic N) is 4. The van der Waals surface area contributed by atoms with E-state index in [2.05, 4.69) is 203 Å². The number of aliphatic imine (C=N–C) groups is 1. The molecule has 0 spiro atoms. The molecule has 2 aromatic heterocycles. The summed E-state index contributed by atoms with van der Waals surface area (Å²) >= 11 is 0. The van der Waals surface area contributed by atoms with E-state index in [0.717, 1.165) is 55.9 Å². The first-order valence-corrected chi connectivity index (χ1v) is 19.2. The second-order valence-electron chi connectivity index (χ2n) is 14.7. The van der Waals surface area contributed by atoms with Crippen molar-refractivity contribution in [3.05, 3.63) is 216 Å². The summed E-state index contributed by atoms with van der Waals surface area (Å²) in [6.45, 7) is 0. The molecule has 0 amide bonds. The molecule has 4 nitrogen and oxygen atoms in total. The van der Waals surface area contributed by atoms with Crippen molar-refractivity contribution in [2.45, 2.75) is 6.17 Å². The monoisotopic (exact) mass is 713 g/mol. The molecule has 0 N–H and O–H groups in total. The summed E-state index contributed by atoms with van der Waals surface area (Å²) in [6.07, 6.45) is -0.419.